The molecule has 4 aromatic rings. The molecule has 0 spiro atoms. The topological polar surface area (TPSA) is 96.7 Å². The molecule has 3 heterocycles. The van der Waals surface area contributed by atoms with Crippen LogP contribution in [0.3, 0.4) is 0 Å². The van der Waals surface area contributed by atoms with Crippen molar-refractivity contribution in [1.29, 1.82) is 5.26 Å². The van der Waals surface area contributed by atoms with Crippen molar-refractivity contribution in [2.45, 2.75) is 19.9 Å². The standard InChI is InChI=1S/C21H16ClN5O2/c1-12(2)27-20-16(11-24-27)15(9-18(26-20)19-4-3-7-29-19)21(28)25-14-6-5-13(10-23)17(22)8-14/h3-9,11-12H,1-2H3,(H,25,28). The lowest BCUT2D eigenvalue weighted by atomic mass is 10.1. The molecule has 0 aliphatic carbocycles. The van der Waals surface area contributed by atoms with E-state index in [1.807, 2.05) is 19.9 Å². The van der Waals surface area contributed by atoms with Gasteiger partial charge in [-0.2, -0.15) is 10.4 Å². The lowest BCUT2D eigenvalue weighted by Gasteiger charge is -2.10. The number of hydrogen-bond acceptors (Lipinski definition) is 5. The Morgan fingerprint density at radius 3 is 2.79 bits per heavy atom. The van der Waals surface area contributed by atoms with E-state index in [1.54, 1.807) is 53.5 Å². The molecule has 0 unspecified atom stereocenters. The minimum Gasteiger partial charge on any atom is -0.463 e. The van der Waals surface area contributed by atoms with Crippen LogP contribution in [0.4, 0.5) is 5.69 Å². The van der Waals surface area contributed by atoms with Gasteiger partial charge in [0.15, 0.2) is 11.4 Å². The number of fused-ring (bicyclic) bond motifs is 1. The summed E-state index contributed by atoms with van der Waals surface area (Å²) in [5, 5.41) is 17.1. The largest absolute Gasteiger partial charge is 0.463 e. The summed E-state index contributed by atoms with van der Waals surface area (Å²) in [6.07, 6.45) is 3.19. The second-order valence-electron chi connectivity index (χ2n) is 6.71. The van der Waals surface area contributed by atoms with Crippen molar-refractivity contribution in [1.82, 2.24) is 14.8 Å². The van der Waals surface area contributed by atoms with Crippen molar-refractivity contribution in [3.8, 4) is 17.5 Å². The molecule has 3 aromatic heterocycles. The number of halogens is 1. The fourth-order valence-electron chi connectivity index (χ4n) is 3.02. The van der Waals surface area contributed by atoms with Gasteiger partial charge >= 0.3 is 0 Å². The van der Waals surface area contributed by atoms with Gasteiger partial charge in [0, 0.05) is 11.7 Å². The third-order valence-electron chi connectivity index (χ3n) is 4.42. The molecule has 7 nitrogen and oxygen atoms in total. The Morgan fingerprint density at radius 2 is 2.14 bits per heavy atom. The lowest BCUT2D eigenvalue weighted by molar-refractivity contribution is 0.102. The van der Waals surface area contributed by atoms with Crippen LogP contribution in [0, 0.1) is 11.3 Å². The number of nitrogens with one attached hydrogen (secondary N) is 1. The van der Waals surface area contributed by atoms with Gasteiger partial charge in [0.25, 0.3) is 5.91 Å². The van der Waals surface area contributed by atoms with E-state index in [0.29, 0.717) is 39.3 Å². The van der Waals surface area contributed by atoms with Crippen molar-refractivity contribution in [2.75, 3.05) is 5.32 Å². The van der Waals surface area contributed by atoms with Crippen molar-refractivity contribution in [2.24, 2.45) is 0 Å². The molecule has 4 rings (SSSR count). The highest BCUT2D eigenvalue weighted by molar-refractivity contribution is 6.32. The normalized spacial score (nSPS) is 11.0. The number of benzene rings is 1. The van der Waals surface area contributed by atoms with Gasteiger partial charge in [-0.25, -0.2) is 9.67 Å². The first kappa shape index (κ1) is 18.7. The number of amides is 1. The maximum absolute atomic E-state index is 13.1. The third-order valence-corrected chi connectivity index (χ3v) is 4.73. The second kappa shape index (κ2) is 7.41. The number of hydrogen-bond donors (Lipinski definition) is 1. The first-order valence-electron chi connectivity index (χ1n) is 8.91. The number of nitriles is 1. The Bertz CT molecular complexity index is 1250. The van der Waals surface area contributed by atoms with E-state index >= 15 is 0 Å². The first-order valence-corrected chi connectivity index (χ1v) is 9.29. The van der Waals surface area contributed by atoms with Crippen LogP contribution in [0.5, 0.6) is 0 Å². The average Bonchev–Trinajstić information content (AvgIpc) is 3.37. The monoisotopic (exact) mass is 405 g/mol. The summed E-state index contributed by atoms with van der Waals surface area (Å²) >= 11 is 6.08. The van der Waals surface area contributed by atoms with Crippen LogP contribution in [0.1, 0.15) is 35.8 Å². The van der Waals surface area contributed by atoms with Crippen LogP contribution in [0.2, 0.25) is 5.02 Å². The summed E-state index contributed by atoms with van der Waals surface area (Å²) in [5.41, 5.74) is 2.37. The van der Waals surface area contributed by atoms with Crippen molar-refractivity contribution >= 4 is 34.2 Å². The molecule has 8 heteroatoms. The van der Waals surface area contributed by atoms with Gasteiger partial charge in [-0.15, -0.1) is 0 Å². The fourth-order valence-corrected chi connectivity index (χ4v) is 3.24. The molecule has 1 aromatic carbocycles. The van der Waals surface area contributed by atoms with Crippen molar-refractivity contribution in [3.63, 3.8) is 0 Å². The number of rotatable bonds is 4. The molecule has 0 saturated carbocycles. The number of pyridine rings is 1. The smallest absolute Gasteiger partial charge is 0.256 e. The zero-order valence-electron chi connectivity index (χ0n) is 15.7. The fraction of sp³-hybridized carbons (Fsp3) is 0.143. The van der Waals surface area contributed by atoms with Crippen LogP contribution in [0.25, 0.3) is 22.5 Å². The van der Waals surface area contributed by atoms with Crippen LogP contribution >= 0.6 is 11.6 Å². The minimum absolute atomic E-state index is 0.0695. The highest BCUT2D eigenvalue weighted by Crippen LogP contribution is 2.28. The van der Waals surface area contributed by atoms with Gasteiger partial charge in [-0.1, -0.05) is 11.6 Å². The van der Waals surface area contributed by atoms with E-state index in [9.17, 15) is 4.79 Å². The summed E-state index contributed by atoms with van der Waals surface area (Å²) in [6.45, 7) is 3.98. The molecule has 0 radical (unpaired) electrons. The van der Waals surface area contributed by atoms with Crippen molar-refractivity contribution < 1.29 is 9.21 Å². The summed E-state index contributed by atoms with van der Waals surface area (Å²) < 4.78 is 7.23. The Balaban J connectivity index is 1.80. The number of aromatic nitrogens is 3. The van der Waals surface area contributed by atoms with E-state index in [1.165, 1.54) is 0 Å². The highest BCUT2D eigenvalue weighted by atomic mass is 35.5. The number of nitrogens with zero attached hydrogens (tertiary/aromatic N) is 4. The van der Waals surface area contributed by atoms with E-state index in [2.05, 4.69) is 15.4 Å². The molecule has 1 amide bonds. The minimum atomic E-state index is -0.339. The molecule has 0 atom stereocenters. The Kier molecular flexibility index (Phi) is 4.79. The van der Waals surface area contributed by atoms with E-state index < -0.39 is 0 Å². The predicted octanol–water partition coefficient (Wildman–Crippen LogP) is 5.05. The molecule has 1 N–H and O–H groups in total. The molecule has 0 fully saturated rings. The van der Waals surface area contributed by atoms with Crippen molar-refractivity contribution in [3.05, 3.63) is 65.0 Å². The molecule has 0 bridgehead atoms. The van der Waals surface area contributed by atoms with Gasteiger partial charge in [-0.05, 0) is 50.2 Å². The van der Waals surface area contributed by atoms with Crippen LogP contribution < -0.4 is 5.32 Å². The van der Waals surface area contributed by atoms with Gasteiger partial charge in [0.05, 0.1) is 34.0 Å². The predicted molar refractivity (Wildman–Crippen MR) is 110 cm³/mol. The average molecular weight is 406 g/mol. The number of anilines is 1. The van der Waals surface area contributed by atoms with E-state index in [4.69, 9.17) is 21.3 Å². The molecule has 0 saturated heterocycles. The van der Waals surface area contributed by atoms with Gasteiger partial charge in [0.1, 0.15) is 11.8 Å². The van der Waals surface area contributed by atoms with E-state index in [0.717, 1.165) is 0 Å². The van der Waals surface area contributed by atoms with E-state index in [-0.39, 0.29) is 17.0 Å². The van der Waals surface area contributed by atoms with Crippen LogP contribution in [0.15, 0.2) is 53.3 Å². The summed E-state index contributed by atoms with van der Waals surface area (Å²) in [7, 11) is 0. The Morgan fingerprint density at radius 1 is 1.31 bits per heavy atom. The summed E-state index contributed by atoms with van der Waals surface area (Å²) in [4.78, 5) is 17.7. The molecule has 29 heavy (non-hydrogen) atoms. The SMILES string of the molecule is CC(C)n1ncc2c(C(=O)Nc3ccc(C#N)c(Cl)c3)cc(-c3ccco3)nc21. The Labute approximate surface area is 171 Å². The maximum Gasteiger partial charge on any atom is 0.256 e. The summed E-state index contributed by atoms with van der Waals surface area (Å²) in [5.74, 6) is 0.216. The highest BCUT2D eigenvalue weighted by Gasteiger charge is 2.19. The Hall–Kier alpha value is -3.63. The zero-order valence-corrected chi connectivity index (χ0v) is 16.4. The lowest BCUT2D eigenvalue weighted by Crippen LogP contribution is -2.13. The maximum atomic E-state index is 13.1. The van der Waals surface area contributed by atoms with Gasteiger partial charge in [0.2, 0.25) is 0 Å². The molecule has 0 aliphatic rings. The quantitative estimate of drug-likeness (QED) is 0.512. The molecular formula is C21H16ClN5O2. The number of carbonyl (C=O) groups excluding carboxylic acids is 1. The number of carbonyl (C=O) groups is 1. The first-order chi connectivity index (χ1) is 14.0. The van der Waals surface area contributed by atoms with Crippen LogP contribution in [-0.4, -0.2) is 20.7 Å². The molecular weight excluding hydrogens is 390 g/mol. The van der Waals surface area contributed by atoms with Gasteiger partial charge in [-0.3, -0.25) is 4.79 Å². The van der Waals surface area contributed by atoms with Crippen LogP contribution in [-0.2, 0) is 0 Å². The zero-order chi connectivity index (χ0) is 20.5. The molecule has 144 valence electrons. The summed E-state index contributed by atoms with van der Waals surface area (Å²) in [6, 6.07) is 12.0. The third kappa shape index (κ3) is 3.46. The number of furan rings is 1. The van der Waals surface area contributed by atoms with Gasteiger partial charge < -0.3 is 9.73 Å². The molecule has 0 aliphatic heterocycles. The second-order valence-corrected chi connectivity index (χ2v) is 7.12.